The molecule has 0 spiro atoms. The van der Waals surface area contributed by atoms with Gasteiger partial charge in [0, 0.05) is 30.9 Å². The number of fused-ring (bicyclic) bond motifs is 1. The first-order chi connectivity index (χ1) is 14.0. The maximum atomic E-state index is 12.1. The Bertz CT molecular complexity index is 1290. The average Bonchev–Trinajstić information content (AvgIpc) is 3.27. The lowest BCUT2D eigenvalue weighted by Gasteiger charge is -2.14. The van der Waals surface area contributed by atoms with Crippen molar-refractivity contribution in [1.82, 2.24) is 19.1 Å². The van der Waals surface area contributed by atoms with Gasteiger partial charge in [0.15, 0.2) is 5.82 Å². The van der Waals surface area contributed by atoms with Crippen molar-refractivity contribution >= 4 is 26.9 Å². The Morgan fingerprint density at radius 1 is 1.27 bits per heavy atom. The summed E-state index contributed by atoms with van der Waals surface area (Å²) < 4.78 is 35.4. The number of nitrogens with one attached hydrogen (secondary N) is 1. The summed E-state index contributed by atoms with van der Waals surface area (Å²) in [5.74, 6) is 0.134. The molecule has 30 heavy (non-hydrogen) atoms. The number of rotatable bonds is 6. The summed E-state index contributed by atoms with van der Waals surface area (Å²) in [4.78, 5) is 21.1. The van der Waals surface area contributed by atoms with E-state index in [0.29, 0.717) is 34.9 Å². The molecular formula is C20H25N5O4S. The third-order valence-corrected chi connectivity index (χ3v) is 6.03. The molecule has 0 radical (unpaired) electrons. The first-order valence-corrected chi connectivity index (χ1v) is 11.5. The van der Waals surface area contributed by atoms with Gasteiger partial charge in [-0.1, -0.05) is 6.92 Å². The summed E-state index contributed by atoms with van der Waals surface area (Å²) in [6, 6.07) is 4.02. The van der Waals surface area contributed by atoms with Crippen molar-refractivity contribution in [2.24, 2.45) is 12.5 Å². The van der Waals surface area contributed by atoms with Crippen LogP contribution in [0.15, 0.2) is 23.1 Å². The second-order valence-corrected chi connectivity index (χ2v) is 10.2. The Morgan fingerprint density at radius 2 is 1.97 bits per heavy atom. The Kier molecular flexibility index (Phi) is 4.64. The highest BCUT2D eigenvalue weighted by atomic mass is 32.2. The van der Waals surface area contributed by atoms with Gasteiger partial charge in [-0.2, -0.15) is 4.98 Å². The summed E-state index contributed by atoms with van der Waals surface area (Å²) in [7, 11) is -0.364. The fourth-order valence-electron chi connectivity index (χ4n) is 3.57. The van der Waals surface area contributed by atoms with Crippen LogP contribution in [0.5, 0.6) is 6.01 Å². The largest absolute Gasteiger partial charge is 0.468 e. The number of imidazole rings is 1. The highest BCUT2D eigenvalue weighted by Gasteiger charge is 2.39. The summed E-state index contributed by atoms with van der Waals surface area (Å²) in [6.07, 6.45) is 4.99. The van der Waals surface area contributed by atoms with Crippen LogP contribution in [0.2, 0.25) is 0 Å². The van der Waals surface area contributed by atoms with E-state index in [2.05, 4.69) is 21.6 Å². The van der Waals surface area contributed by atoms with Gasteiger partial charge in [0.05, 0.1) is 24.6 Å². The van der Waals surface area contributed by atoms with E-state index < -0.39 is 10.0 Å². The molecule has 0 unspecified atom stereocenters. The molecule has 0 saturated heterocycles. The zero-order valence-corrected chi connectivity index (χ0v) is 18.5. The molecule has 0 amide bonds. The van der Waals surface area contributed by atoms with Crippen LogP contribution in [0, 0.1) is 12.3 Å². The Labute approximate surface area is 174 Å². The maximum absolute atomic E-state index is 12.1. The summed E-state index contributed by atoms with van der Waals surface area (Å²) in [5, 5.41) is 0. The maximum Gasteiger partial charge on any atom is 0.297 e. The van der Waals surface area contributed by atoms with E-state index in [1.54, 1.807) is 33.3 Å². The van der Waals surface area contributed by atoms with Crippen LogP contribution in [-0.4, -0.2) is 40.9 Å². The van der Waals surface area contributed by atoms with Crippen LogP contribution in [-0.2, 0) is 23.6 Å². The molecule has 3 aromatic heterocycles. The number of hydrogen-bond donors (Lipinski definition) is 1. The quantitative estimate of drug-likeness (QED) is 0.642. The summed E-state index contributed by atoms with van der Waals surface area (Å²) in [5.41, 5.74) is 3.04. The van der Waals surface area contributed by atoms with Gasteiger partial charge in [0.1, 0.15) is 5.52 Å². The molecule has 4 rings (SSSR count). The number of aryl methyl sites for hydroxylation is 2. The van der Waals surface area contributed by atoms with Crippen molar-refractivity contribution in [3.05, 3.63) is 34.2 Å². The van der Waals surface area contributed by atoms with Crippen LogP contribution in [0.25, 0.3) is 22.3 Å². The number of methoxy groups -OCH3 is 1. The van der Waals surface area contributed by atoms with Crippen molar-refractivity contribution in [3.8, 4) is 17.3 Å². The zero-order chi connectivity index (χ0) is 21.8. The Morgan fingerprint density at radius 3 is 2.53 bits per heavy atom. The SMILES string of the molecule is COc1nc2c(NS(C)(=O)=O)nc(-c3cc(C)c(=O)n(C)c3)cc2n1CC1(C)CC1. The minimum Gasteiger partial charge on any atom is -0.468 e. The Hall–Kier alpha value is -2.88. The van der Waals surface area contributed by atoms with E-state index in [9.17, 15) is 13.2 Å². The molecule has 1 N–H and O–H groups in total. The van der Waals surface area contributed by atoms with E-state index in [-0.39, 0.29) is 16.8 Å². The number of nitrogens with zero attached hydrogens (tertiary/aromatic N) is 4. The van der Waals surface area contributed by atoms with Crippen LogP contribution < -0.4 is 15.0 Å². The Balaban J connectivity index is 1.99. The number of anilines is 1. The first kappa shape index (κ1) is 20.4. The fourth-order valence-corrected chi connectivity index (χ4v) is 4.07. The predicted octanol–water partition coefficient (Wildman–Crippen LogP) is 2.29. The minimum absolute atomic E-state index is 0.0947. The molecule has 9 nitrogen and oxygen atoms in total. The lowest BCUT2D eigenvalue weighted by atomic mass is 10.1. The second kappa shape index (κ2) is 6.83. The third kappa shape index (κ3) is 3.79. The molecule has 0 aromatic carbocycles. The molecular weight excluding hydrogens is 406 g/mol. The highest BCUT2D eigenvalue weighted by molar-refractivity contribution is 7.92. The molecule has 3 aromatic rings. The van der Waals surface area contributed by atoms with Crippen LogP contribution in [0.1, 0.15) is 25.3 Å². The van der Waals surface area contributed by atoms with Crippen LogP contribution >= 0.6 is 0 Å². The lowest BCUT2D eigenvalue weighted by Crippen LogP contribution is -2.18. The third-order valence-electron chi connectivity index (χ3n) is 5.47. The van der Waals surface area contributed by atoms with Gasteiger partial charge in [-0.25, -0.2) is 13.4 Å². The van der Waals surface area contributed by atoms with Crippen molar-refractivity contribution in [2.45, 2.75) is 33.2 Å². The van der Waals surface area contributed by atoms with E-state index in [4.69, 9.17) is 4.74 Å². The van der Waals surface area contributed by atoms with Gasteiger partial charge < -0.3 is 9.30 Å². The average molecular weight is 432 g/mol. The van der Waals surface area contributed by atoms with Gasteiger partial charge in [-0.15, -0.1) is 0 Å². The monoisotopic (exact) mass is 431 g/mol. The van der Waals surface area contributed by atoms with E-state index in [1.165, 1.54) is 4.57 Å². The predicted molar refractivity (Wildman–Crippen MR) is 115 cm³/mol. The molecule has 160 valence electrons. The van der Waals surface area contributed by atoms with E-state index >= 15 is 0 Å². The molecule has 0 aliphatic heterocycles. The summed E-state index contributed by atoms with van der Waals surface area (Å²) >= 11 is 0. The van der Waals surface area contributed by atoms with Gasteiger partial charge in [-0.05, 0) is 37.3 Å². The smallest absolute Gasteiger partial charge is 0.297 e. The topological polar surface area (TPSA) is 108 Å². The standard InChI is InChI=1S/C20H25N5O4S/c1-12-8-13(10-24(3)18(12)26)14-9-15-16(17(21-14)23-30(5,27)28)22-19(29-4)25(15)11-20(2)6-7-20/h8-10H,6-7,11H2,1-5H3,(H,21,23). The number of aromatic nitrogens is 4. The van der Waals surface area contributed by atoms with Gasteiger partial charge >= 0.3 is 0 Å². The molecule has 1 saturated carbocycles. The number of ether oxygens (including phenoxy) is 1. The van der Waals surface area contributed by atoms with Crippen molar-refractivity contribution in [1.29, 1.82) is 0 Å². The number of pyridine rings is 2. The van der Waals surface area contributed by atoms with Crippen LogP contribution in [0.4, 0.5) is 5.82 Å². The molecule has 0 atom stereocenters. The summed E-state index contributed by atoms with van der Waals surface area (Å²) in [6.45, 7) is 4.65. The van der Waals surface area contributed by atoms with E-state index in [1.807, 2.05) is 10.6 Å². The molecule has 1 aliphatic carbocycles. The van der Waals surface area contributed by atoms with Gasteiger partial charge in [-0.3, -0.25) is 14.1 Å². The normalized spacial score (nSPS) is 15.4. The van der Waals surface area contributed by atoms with E-state index in [0.717, 1.165) is 24.6 Å². The van der Waals surface area contributed by atoms with Crippen LogP contribution in [0.3, 0.4) is 0 Å². The highest BCUT2D eigenvalue weighted by Crippen LogP contribution is 2.48. The molecule has 3 heterocycles. The first-order valence-electron chi connectivity index (χ1n) is 9.60. The van der Waals surface area contributed by atoms with Gasteiger partial charge in [0.2, 0.25) is 10.0 Å². The molecule has 0 bridgehead atoms. The zero-order valence-electron chi connectivity index (χ0n) is 17.7. The van der Waals surface area contributed by atoms with Crippen molar-refractivity contribution in [3.63, 3.8) is 0 Å². The van der Waals surface area contributed by atoms with Crippen molar-refractivity contribution in [2.75, 3.05) is 18.1 Å². The molecule has 1 aliphatic rings. The van der Waals surface area contributed by atoms with Gasteiger partial charge in [0.25, 0.3) is 11.6 Å². The van der Waals surface area contributed by atoms with Crippen molar-refractivity contribution < 1.29 is 13.2 Å². The second-order valence-electron chi connectivity index (χ2n) is 8.42. The number of sulfonamides is 1. The lowest BCUT2D eigenvalue weighted by molar-refractivity contribution is 0.339. The molecule has 1 fully saturated rings. The minimum atomic E-state index is -3.58. The molecule has 10 heteroatoms. The number of hydrogen-bond acceptors (Lipinski definition) is 6. The fraction of sp³-hybridized carbons (Fsp3) is 0.450.